The van der Waals surface area contributed by atoms with Crippen molar-refractivity contribution < 1.29 is 17.6 Å². The van der Waals surface area contributed by atoms with Crippen molar-refractivity contribution in [3.63, 3.8) is 0 Å². The molecule has 1 heterocycles. The minimum Gasteiger partial charge on any atom is -0.311 e. The maximum Gasteiger partial charge on any atom is 0.242 e. The van der Waals surface area contributed by atoms with Gasteiger partial charge in [0.1, 0.15) is 5.82 Å². The molecule has 2 rings (SSSR count). The van der Waals surface area contributed by atoms with Crippen LogP contribution in [0, 0.1) is 12.7 Å². The van der Waals surface area contributed by atoms with Crippen molar-refractivity contribution in [2.24, 2.45) is 0 Å². The van der Waals surface area contributed by atoms with Crippen LogP contribution >= 0.6 is 0 Å². The lowest BCUT2D eigenvalue weighted by molar-refractivity contribution is -0.118. The lowest BCUT2D eigenvalue weighted by Crippen LogP contribution is -2.43. The van der Waals surface area contributed by atoms with E-state index in [0.717, 1.165) is 34.7 Å². The first-order valence-electron chi connectivity index (χ1n) is 6.71. The van der Waals surface area contributed by atoms with Gasteiger partial charge >= 0.3 is 0 Å². The fourth-order valence-corrected chi connectivity index (χ4v) is 2.91. The molecule has 116 valence electrons. The predicted octanol–water partition coefficient (Wildman–Crippen LogP) is 1.30. The van der Waals surface area contributed by atoms with E-state index in [4.69, 9.17) is 0 Å². The first-order chi connectivity index (χ1) is 9.70. The highest BCUT2D eigenvalue weighted by molar-refractivity contribution is 7.88. The Labute approximate surface area is 124 Å². The molecule has 0 aliphatic carbocycles. The van der Waals surface area contributed by atoms with Gasteiger partial charge in [-0.05, 0) is 43.0 Å². The lowest BCUT2D eigenvalue weighted by Gasteiger charge is -2.32. The van der Waals surface area contributed by atoms with E-state index in [1.807, 2.05) is 0 Å². The Bertz CT molecular complexity index is 673. The van der Waals surface area contributed by atoms with Crippen molar-refractivity contribution >= 4 is 21.6 Å². The highest BCUT2D eigenvalue weighted by Crippen LogP contribution is 2.31. The van der Waals surface area contributed by atoms with Crippen molar-refractivity contribution in [3.8, 4) is 0 Å². The number of hydrogen-bond acceptors (Lipinski definition) is 3. The molecule has 1 amide bonds. The molecule has 1 aromatic rings. The van der Waals surface area contributed by atoms with Crippen LogP contribution in [0.25, 0.3) is 0 Å². The summed E-state index contributed by atoms with van der Waals surface area (Å²) in [7, 11) is -2.03. The molecule has 0 radical (unpaired) electrons. The van der Waals surface area contributed by atoms with Crippen LogP contribution in [0.2, 0.25) is 0 Å². The van der Waals surface area contributed by atoms with Crippen molar-refractivity contribution in [3.05, 3.63) is 29.1 Å². The smallest absolute Gasteiger partial charge is 0.242 e. The number of anilines is 1. The molecular weight excluding hydrogens is 295 g/mol. The van der Waals surface area contributed by atoms with E-state index in [1.54, 1.807) is 11.8 Å². The number of amides is 1. The topological polar surface area (TPSA) is 57.7 Å². The molecule has 1 aliphatic heterocycles. The van der Waals surface area contributed by atoms with Gasteiger partial charge in [0.2, 0.25) is 15.9 Å². The molecule has 0 N–H and O–H groups in total. The molecule has 0 saturated carbocycles. The molecule has 7 heteroatoms. The van der Waals surface area contributed by atoms with Crippen molar-refractivity contribution in [1.29, 1.82) is 0 Å². The summed E-state index contributed by atoms with van der Waals surface area (Å²) in [6, 6.07) is 2.84. The number of hydrogen-bond donors (Lipinski definition) is 0. The molecule has 0 aromatic heterocycles. The summed E-state index contributed by atoms with van der Waals surface area (Å²) in [4.78, 5) is 13.9. The van der Waals surface area contributed by atoms with Gasteiger partial charge in [-0.25, -0.2) is 12.8 Å². The largest absolute Gasteiger partial charge is 0.311 e. The summed E-state index contributed by atoms with van der Waals surface area (Å²) in [5, 5.41) is 0. The third-order valence-electron chi connectivity index (χ3n) is 3.67. The minimum absolute atomic E-state index is 0.213. The molecule has 1 aromatic carbocycles. The van der Waals surface area contributed by atoms with Gasteiger partial charge in [0.05, 0.1) is 12.8 Å². The first-order valence-corrected chi connectivity index (χ1v) is 8.55. The highest BCUT2D eigenvalue weighted by Gasteiger charge is 2.27. The highest BCUT2D eigenvalue weighted by atomic mass is 32.2. The van der Waals surface area contributed by atoms with Gasteiger partial charge in [0, 0.05) is 19.3 Å². The first kappa shape index (κ1) is 15.9. The third-order valence-corrected chi connectivity index (χ3v) is 4.93. The average Bonchev–Trinajstić information content (AvgIpc) is 2.36. The Morgan fingerprint density at radius 2 is 2.10 bits per heavy atom. The number of carbonyl (C=O) groups excluding carboxylic acids is 1. The summed E-state index contributed by atoms with van der Waals surface area (Å²) in [5.74, 6) is -0.604. The van der Waals surface area contributed by atoms with E-state index in [9.17, 15) is 17.6 Å². The molecule has 5 nitrogen and oxygen atoms in total. The van der Waals surface area contributed by atoms with Crippen LogP contribution in [-0.4, -0.2) is 45.0 Å². The number of sulfonamides is 1. The van der Waals surface area contributed by atoms with Gasteiger partial charge in [0.25, 0.3) is 0 Å². The molecule has 0 fully saturated rings. The van der Waals surface area contributed by atoms with E-state index in [0.29, 0.717) is 12.1 Å². The van der Waals surface area contributed by atoms with Crippen LogP contribution in [0.5, 0.6) is 0 Å². The molecule has 21 heavy (non-hydrogen) atoms. The summed E-state index contributed by atoms with van der Waals surface area (Å²) in [6.07, 6.45) is 2.52. The Morgan fingerprint density at radius 1 is 1.43 bits per heavy atom. The van der Waals surface area contributed by atoms with Crippen LogP contribution < -0.4 is 4.90 Å². The Balaban J connectivity index is 2.30. The fraction of sp³-hybridized carbons (Fsp3) is 0.500. The SMILES string of the molecule is Cc1cc(F)cc2c1N(C(=O)CN(C)S(C)(=O)=O)CCC2. The zero-order chi connectivity index (χ0) is 15.8. The second kappa shape index (κ2) is 5.73. The zero-order valence-corrected chi connectivity index (χ0v) is 13.2. The van der Waals surface area contributed by atoms with Gasteiger partial charge in [-0.15, -0.1) is 0 Å². The third kappa shape index (κ3) is 3.41. The summed E-state index contributed by atoms with van der Waals surface area (Å²) in [6.45, 7) is 2.07. The molecular formula is C14H19FN2O3S. The fourth-order valence-electron chi connectivity index (χ4n) is 2.56. The molecule has 0 atom stereocenters. The van der Waals surface area contributed by atoms with Crippen molar-refractivity contribution in [2.45, 2.75) is 19.8 Å². The number of halogens is 1. The Kier molecular flexibility index (Phi) is 4.34. The summed E-state index contributed by atoms with van der Waals surface area (Å²) in [5.41, 5.74) is 2.21. The van der Waals surface area contributed by atoms with Crippen LogP contribution in [-0.2, 0) is 21.2 Å². The van der Waals surface area contributed by atoms with Crippen molar-refractivity contribution in [2.75, 3.05) is 31.3 Å². The predicted molar refractivity (Wildman–Crippen MR) is 79.3 cm³/mol. The van der Waals surface area contributed by atoms with E-state index in [1.165, 1.54) is 19.2 Å². The van der Waals surface area contributed by atoms with Crippen molar-refractivity contribution in [1.82, 2.24) is 4.31 Å². The normalized spacial score (nSPS) is 15.2. The lowest BCUT2D eigenvalue weighted by atomic mass is 9.98. The molecule has 1 aliphatic rings. The number of nitrogens with zero attached hydrogens (tertiary/aromatic N) is 2. The molecule has 0 bridgehead atoms. The number of fused-ring (bicyclic) bond motifs is 1. The summed E-state index contributed by atoms with van der Waals surface area (Å²) >= 11 is 0. The van der Waals surface area contributed by atoms with E-state index in [-0.39, 0.29) is 18.3 Å². The quantitative estimate of drug-likeness (QED) is 0.845. The number of benzene rings is 1. The van der Waals surface area contributed by atoms with Crippen LogP contribution in [0.15, 0.2) is 12.1 Å². The monoisotopic (exact) mass is 314 g/mol. The van der Waals surface area contributed by atoms with Crippen LogP contribution in [0.3, 0.4) is 0 Å². The number of rotatable bonds is 3. The molecule has 0 spiro atoms. The van der Waals surface area contributed by atoms with E-state index < -0.39 is 10.0 Å². The van der Waals surface area contributed by atoms with Crippen LogP contribution in [0.1, 0.15) is 17.5 Å². The number of carbonyl (C=O) groups is 1. The van der Waals surface area contributed by atoms with E-state index in [2.05, 4.69) is 0 Å². The standard InChI is InChI=1S/C14H19FN2O3S/c1-10-7-12(15)8-11-5-4-6-17(14(10)11)13(18)9-16(2)21(3,19)20/h7-8H,4-6,9H2,1-3H3. The van der Waals surface area contributed by atoms with Gasteiger partial charge in [-0.3, -0.25) is 4.79 Å². The second-order valence-electron chi connectivity index (χ2n) is 5.40. The molecule has 0 unspecified atom stereocenters. The minimum atomic E-state index is -3.40. The number of likely N-dealkylation sites (N-methyl/N-ethyl adjacent to an activating group) is 1. The Hall–Kier alpha value is -1.47. The second-order valence-corrected chi connectivity index (χ2v) is 7.49. The number of aryl methyl sites for hydroxylation is 2. The Morgan fingerprint density at radius 3 is 2.71 bits per heavy atom. The van der Waals surface area contributed by atoms with Gasteiger partial charge in [0.15, 0.2) is 0 Å². The maximum absolute atomic E-state index is 13.5. The van der Waals surface area contributed by atoms with Gasteiger partial charge in [-0.2, -0.15) is 4.31 Å². The maximum atomic E-state index is 13.5. The van der Waals surface area contributed by atoms with E-state index >= 15 is 0 Å². The van der Waals surface area contributed by atoms with Gasteiger partial charge < -0.3 is 4.90 Å². The summed E-state index contributed by atoms with van der Waals surface area (Å²) < 4.78 is 37.3. The molecule has 0 saturated heterocycles. The average molecular weight is 314 g/mol. The zero-order valence-electron chi connectivity index (χ0n) is 12.4. The van der Waals surface area contributed by atoms with Crippen LogP contribution in [0.4, 0.5) is 10.1 Å². The van der Waals surface area contributed by atoms with Gasteiger partial charge in [-0.1, -0.05) is 0 Å².